The first-order valence-electron chi connectivity index (χ1n) is 7.40. The number of rotatable bonds is 9. The summed E-state index contributed by atoms with van der Waals surface area (Å²) in [6.07, 6.45) is 8.35. The zero-order valence-electron chi connectivity index (χ0n) is 12.0. The van der Waals surface area contributed by atoms with Crippen LogP contribution in [-0.4, -0.2) is 34.6 Å². The summed E-state index contributed by atoms with van der Waals surface area (Å²) in [4.78, 5) is 0. The molecule has 1 aliphatic rings. The second-order valence-corrected chi connectivity index (χ2v) is 7.57. The van der Waals surface area contributed by atoms with Crippen molar-refractivity contribution in [3.63, 3.8) is 0 Å². The Bertz CT molecular complexity index is 221. The lowest BCUT2D eigenvalue weighted by Crippen LogP contribution is -2.45. The lowest BCUT2D eigenvalue weighted by molar-refractivity contribution is 0.444. The zero-order chi connectivity index (χ0) is 13.2. The van der Waals surface area contributed by atoms with E-state index >= 15 is 0 Å². The minimum atomic E-state index is 0.702. The van der Waals surface area contributed by atoms with Crippen LogP contribution in [0.1, 0.15) is 46.0 Å². The summed E-state index contributed by atoms with van der Waals surface area (Å²) in [5.41, 5.74) is 0. The van der Waals surface area contributed by atoms with E-state index in [1.807, 2.05) is 0 Å². The van der Waals surface area contributed by atoms with Crippen molar-refractivity contribution in [2.45, 2.75) is 62.5 Å². The average molecular weight is 288 g/mol. The van der Waals surface area contributed by atoms with Crippen molar-refractivity contribution in [2.24, 2.45) is 0 Å². The Morgan fingerprint density at radius 1 is 1.33 bits per heavy atom. The highest BCUT2D eigenvalue weighted by molar-refractivity contribution is 8.07. The molecule has 1 heterocycles. The van der Waals surface area contributed by atoms with Gasteiger partial charge < -0.3 is 5.32 Å². The van der Waals surface area contributed by atoms with Crippen LogP contribution in [0, 0.1) is 0 Å². The molecule has 3 heteroatoms. The predicted octanol–water partition coefficient (Wildman–Crippen LogP) is 4.34. The Hall–Kier alpha value is 0.400. The highest BCUT2D eigenvalue weighted by Crippen LogP contribution is 2.36. The highest BCUT2D eigenvalue weighted by Gasteiger charge is 2.31. The third kappa shape index (κ3) is 5.58. The van der Waals surface area contributed by atoms with Gasteiger partial charge in [0.1, 0.15) is 0 Å². The van der Waals surface area contributed by atoms with Crippen molar-refractivity contribution in [1.82, 2.24) is 5.32 Å². The van der Waals surface area contributed by atoms with Gasteiger partial charge in [-0.05, 0) is 38.6 Å². The summed E-state index contributed by atoms with van der Waals surface area (Å²) in [7, 11) is 0. The Morgan fingerprint density at radius 2 is 2.11 bits per heavy atom. The van der Waals surface area contributed by atoms with Gasteiger partial charge in [0.25, 0.3) is 0 Å². The van der Waals surface area contributed by atoms with E-state index in [4.69, 9.17) is 0 Å². The second kappa shape index (κ2) is 10.2. The van der Waals surface area contributed by atoms with Crippen molar-refractivity contribution in [1.29, 1.82) is 0 Å². The molecule has 0 saturated carbocycles. The van der Waals surface area contributed by atoms with Gasteiger partial charge >= 0.3 is 0 Å². The van der Waals surface area contributed by atoms with Gasteiger partial charge in [0.15, 0.2) is 0 Å². The third-order valence-corrected chi connectivity index (χ3v) is 6.88. The molecular formula is C15H29NS2. The van der Waals surface area contributed by atoms with Crippen LogP contribution in [0.5, 0.6) is 0 Å². The fourth-order valence-corrected chi connectivity index (χ4v) is 5.81. The summed E-state index contributed by atoms with van der Waals surface area (Å²) in [5.74, 6) is 2.67. The van der Waals surface area contributed by atoms with Gasteiger partial charge in [-0.25, -0.2) is 0 Å². The summed E-state index contributed by atoms with van der Waals surface area (Å²) >= 11 is 4.39. The molecule has 1 N–H and O–H groups in total. The van der Waals surface area contributed by atoms with Gasteiger partial charge in [-0.1, -0.05) is 19.9 Å². The van der Waals surface area contributed by atoms with Crippen molar-refractivity contribution >= 4 is 23.5 Å². The van der Waals surface area contributed by atoms with E-state index < -0.39 is 0 Å². The van der Waals surface area contributed by atoms with Crippen molar-refractivity contribution in [3.05, 3.63) is 12.7 Å². The molecule has 1 saturated heterocycles. The van der Waals surface area contributed by atoms with Gasteiger partial charge in [-0.15, -0.1) is 6.58 Å². The molecule has 0 radical (unpaired) electrons. The molecule has 1 fully saturated rings. The molecule has 1 aliphatic heterocycles. The molecule has 1 rings (SSSR count). The van der Waals surface area contributed by atoms with E-state index in [2.05, 4.69) is 55.3 Å². The van der Waals surface area contributed by atoms with E-state index in [1.165, 1.54) is 37.2 Å². The number of nitrogens with one attached hydrogen (secondary N) is 1. The summed E-state index contributed by atoms with van der Waals surface area (Å²) in [6.45, 7) is 9.60. The molecule has 0 spiro atoms. The Balaban J connectivity index is 2.51. The first kappa shape index (κ1) is 16.5. The molecule has 106 valence electrons. The normalized spacial score (nSPS) is 25.9. The van der Waals surface area contributed by atoms with Gasteiger partial charge in [0.05, 0.1) is 0 Å². The standard InChI is InChI=1S/C15H29NS2/c1-4-7-8-9-13(16-10-5-2)15-14(6-3)17-11-12-18-15/h4,13-16H,1,5-12H2,2-3H3. The highest BCUT2D eigenvalue weighted by atomic mass is 32.2. The molecule has 0 amide bonds. The fraction of sp³-hybridized carbons (Fsp3) is 0.867. The number of hydrogen-bond acceptors (Lipinski definition) is 3. The third-order valence-electron chi connectivity index (χ3n) is 3.47. The van der Waals surface area contributed by atoms with E-state index in [-0.39, 0.29) is 0 Å². The molecule has 0 aromatic rings. The molecular weight excluding hydrogens is 258 g/mol. The number of allylic oxidation sites excluding steroid dienone is 1. The lowest BCUT2D eigenvalue weighted by Gasteiger charge is -2.36. The number of hydrogen-bond donors (Lipinski definition) is 1. The van der Waals surface area contributed by atoms with Crippen molar-refractivity contribution in [3.8, 4) is 0 Å². The number of thioether (sulfide) groups is 2. The molecule has 0 bridgehead atoms. The van der Waals surface area contributed by atoms with E-state index in [0.29, 0.717) is 6.04 Å². The van der Waals surface area contributed by atoms with Crippen LogP contribution in [0.3, 0.4) is 0 Å². The molecule has 1 nitrogen and oxygen atoms in total. The Morgan fingerprint density at radius 3 is 2.78 bits per heavy atom. The van der Waals surface area contributed by atoms with Crippen molar-refractivity contribution in [2.75, 3.05) is 18.1 Å². The summed E-state index contributed by atoms with van der Waals surface area (Å²) in [6, 6.07) is 0.702. The molecule has 18 heavy (non-hydrogen) atoms. The average Bonchev–Trinajstić information content (AvgIpc) is 2.42. The smallest absolute Gasteiger partial charge is 0.0320 e. The van der Waals surface area contributed by atoms with E-state index in [1.54, 1.807) is 0 Å². The van der Waals surface area contributed by atoms with Crippen LogP contribution in [0.4, 0.5) is 0 Å². The first-order chi connectivity index (χ1) is 8.83. The largest absolute Gasteiger partial charge is 0.313 e. The minimum Gasteiger partial charge on any atom is -0.313 e. The van der Waals surface area contributed by atoms with Crippen molar-refractivity contribution < 1.29 is 0 Å². The maximum absolute atomic E-state index is 3.83. The topological polar surface area (TPSA) is 12.0 Å². The minimum absolute atomic E-state index is 0.702. The van der Waals surface area contributed by atoms with Gasteiger partial charge in [0, 0.05) is 28.0 Å². The maximum atomic E-state index is 3.83. The van der Waals surface area contributed by atoms with E-state index in [0.717, 1.165) is 23.5 Å². The van der Waals surface area contributed by atoms with Crippen LogP contribution in [0.25, 0.3) is 0 Å². The monoisotopic (exact) mass is 287 g/mol. The van der Waals surface area contributed by atoms with Crippen LogP contribution < -0.4 is 5.32 Å². The van der Waals surface area contributed by atoms with Gasteiger partial charge in [-0.3, -0.25) is 0 Å². The van der Waals surface area contributed by atoms with Gasteiger partial charge in [0.2, 0.25) is 0 Å². The fourth-order valence-electron chi connectivity index (χ4n) is 2.51. The second-order valence-electron chi connectivity index (χ2n) is 4.93. The Kier molecular flexibility index (Phi) is 9.34. The summed E-state index contributed by atoms with van der Waals surface area (Å²) in [5, 5.41) is 5.45. The maximum Gasteiger partial charge on any atom is 0.0320 e. The van der Waals surface area contributed by atoms with E-state index in [9.17, 15) is 0 Å². The summed E-state index contributed by atoms with van der Waals surface area (Å²) < 4.78 is 0. The first-order valence-corrected chi connectivity index (χ1v) is 9.50. The number of unbranched alkanes of at least 4 members (excludes halogenated alkanes) is 1. The SMILES string of the molecule is C=CCCCC(NCCC)C1SCCSC1CC. The zero-order valence-corrected chi connectivity index (χ0v) is 13.6. The predicted molar refractivity (Wildman–Crippen MR) is 88.9 cm³/mol. The quantitative estimate of drug-likeness (QED) is 0.500. The molecule has 3 atom stereocenters. The van der Waals surface area contributed by atoms with Crippen LogP contribution in [0.2, 0.25) is 0 Å². The Labute approximate surface area is 122 Å². The molecule has 0 aliphatic carbocycles. The molecule has 0 aromatic carbocycles. The molecule has 0 aromatic heterocycles. The van der Waals surface area contributed by atoms with Crippen LogP contribution in [0.15, 0.2) is 12.7 Å². The van der Waals surface area contributed by atoms with Crippen LogP contribution >= 0.6 is 23.5 Å². The van der Waals surface area contributed by atoms with Gasteiger partial charge in [-0.2, -0.15) is 23.5 Å². The molecule has 3 unspecified atom stereocenters. The lowest BCUT2D eigenvalue weighted by atomic mass is 10.0. The van der Waals surface area contributed by atoms with Crippen LogP contribution in [-0.2, 0) is 0 Å².